The maximum absolute atomic E-state index is 11.5. The van der Waals surface area contributed by atoms with Crippen LogP contribution in [0.15, 0.2) is 0 Å². The van der Waals surface area contributed by atoms with Crippen LogP contribution in [0.3, 0.4) is 0 Å². The average Bonchev–Trinajstić information content (AvgIpc) is 2.99. The molecule has 2 rings (SSSR count). The summed E-state index contributed by atoms with van der Waals surface area (Å²) < 4.78 is 0. The molecule has 1 aliphatic rings. The number of nitrogens with one attached hydrogen (secondary N) is 2. The SMILES string of the molecule is O=C(O)CNC(=O)c1n[nH]c(C2CC2)c1Cl. The molecule has 7 heteroatoms. The van der Waals surface area contributed by atoms with E-state index in [1.807, 2.05) is 0 Å². The summed E-state index contributed by atoms with van der Waals surface area (Å²) in [4.78, 5) is 21.8. The van der Waals surface area contributed by atoms with Gasteiger partial charge >= 0.3 is 5.97 Å². The van der Waals surface area contributed by atoms with Crippen LogP contribution < -0.4 is 5.32 Å². The predicted molar refractivity (Wildman–Crippen MR) is 55.5 cm³/mol. The van der Waals surface area contributed by atoms with E-state index >= 15 is 0 Å². The lowest BCUT2D eigenvalue weighted by atomic mass is 10.2. The number of aliphatic carboxylic acids is 1. The molecular formula is C9H10ClN3O3. The number of carbonyl (C=O) groups is 2. The molecule has 1 aromatic heterocycles. The molecule has 1 aliphatic carbocycles. The van der Waals surface area contributed by atoms with Gasteiger partial charge in [0.1, 0.15) is 6.54 Å². The van der Waals surface area contributed by atoms with Crippen molar-refractivity contribution in [3.8, 4) is 0 Å². The largest absolute Gasteiger partial charge is 0.480 e. The van der Waals surface area contributed by atoms with Crippen LogP contribution in [0.5, 0.6) is 0 Å². The molecule has 1 fully saturated rings. The van der Waals surface area contributed by atoms with Crippen LogP contribution in [0.1, 0.15) is 34.9 Å². The van der Waals surface area contributed by atoms with Crippen molar-refractivity contribution in [3.63, 3.8) is 0 Å². The van der Waals surface area contributed by atoms with E-state index in [9.17, 15) is 9.59 Å². The summed E-state index contributed by atoms with van der Waals surface area (Å²) in [5.74, 6) is -1.32. The van der Waals surface area contributed by atoms with Gasteiger partial charge < -0.3 is 10.4 Å². The summed E-state index contributed by atoms with van der Waals surface area (Å²) in [6, 6.07) is 0. The summed E-state index contributed by atoms with van der Waals surface area (Å²) in [6.07, 6.45) is 2.08. The van der Waals surface area contributed by atoms with Crippen molar-refractivity contribution in [2.45, 2.75) is 18.8 Å². The molecule has 0 bridgehead atoms. The summed E-state index contributed by atoms with van der Waals surface area (Å²) in [5, 5.41) is 17.4. The van der Waals surface area contributed by atoms with Crippen LogP contribution in [0, 0.1) is 0 Å². The van der Waals surface area contributed by atoms with Crippen LogP contribution in [0.2, 0.25) is 5.02 Å². The highest BCUT2D eigenvalue weighted by Gasteiger charge is 2.30. The number of nitrogens with zero attached hydrogens (tertiary/aromatic N) is 1. The fraction of sp³-hybridized carbons (Fsp3) is 0.444. The zero-order valence-electron chi connectivity index (χ0n) is 8.29. The number of rotatable bonds is 4. The predicted octanol–water partition coefficient (Wildman–Crippen LogP) is 0.755. The van der Waals surface area contributed by atoms with Gasteiger partial charge in [0, 0.05) is 5.92 Å². The molecule has 1 amide bonds. The second-order valence-electron chi connectivity index (χ2n) is 3.65. The van der Waals surface area contributed by atoms with E-state index in [-0.39, 0.29) is 5.69 Å². The third-order valence-corrected chi connectivity index (χ3v) is 2.72. The van der Waals surface area contributed by atoms with Crippen molar-refractivity contribution >= 4 is 23.5 Å². The monoisotopic (exact) mass is 243 g/mol. The van der Waals surface area contributed by atoms with Crippen molar-refractivity contribution in [1.82, 2.24) is 15.5 Å². The molecule has 86 valence electrons. The Morgan fingerprint density at radius 1 is 1.56 bits per heavy atom. The van der Waals surface area contributed by atoms with Gasteiger partial charge in [0.15, 0.2) is 5.69 Å². The molecule has 16 heavy (non-hydrogen) atoms. The number of aromatic nitrogens is 2. The van der Waals surface area contributed by atoms with Crippen LogP contribution in [0.25, 0.3) is 0 Å². The van der Waals surface area contributed by atoms with Crippen LogP contribution in [-0.2, 0) is 4.79 Å². The van der Waals surface area contributed by atoms with Gasteiger partial charge in [-0.25, -0.2) is 0 Å². The number of carboxylic acids is 1. The standard InChI is InChI=1S/C9H10ClN3O3/c10-6-7(4-1-2-4)12-13-8(6)9(16)11-3-5(14)15/h4H,1-3H2,(H,11,16)(H,12,13)(H,14,15). The Balaban J connectivity index is 2.08. The maximum Gasteiger partial charge on any atom is 0.322 e. The van der Waals surface area contributed by atoms with E-state index in [0.29, 0.717) is 10.9 Å². The van der Waals surface area contributed by atoms with E-state index in [1.54, 1.807) is 0 Å². The second-order valence-corrected chi connectivity index (χ2v) is 4.03. The molecule has 3 N–H and O–H groups in total. The second kappa shape index (κ2) is 4.13. The highest BCUT2D eigenvalue weighted by molar-refractivity contribution is 6.34. The van der Waals surface area contributed by atoms with Crippen LogP contribution in [0.4, 0.5) is 0 Å². The maximum atomic E-state index is 11.5. The first-order valence-corrected chi connectivity index (χ1v) is 5.21. The molecule has 1 saturated carbocycles. The van der Waals surface area contributed by atoms with E-state index in [2.05, 4.69) is 15.5 Å². The van der Waals surface area contributed by atoms with Crippen molar-refractivity contribution in [2.24, 2.45) is 0 Å². The van der Waals surface area contributed by atoms with Gasteiger partial charge in [-0.05, 0) is 12.8 Å². The molecule has 0 atom stereocenters. The highest BCUT2D eigenvalue weighted by atomic mass is 35.5. The number of hydrogen-bond acceptors (Lipinski definition) is 3. The lowest BCUT2D eigenvalue weighted by Gasteiger charge is -1.99. The van der Waals surface area contributed by atoms with Crippen LogP contribution >= 0.6 is 11.6 Å². The third kappa shape index (κ3) is 2.16. The minimum absolute atomic E-state index is 0.0600. The number of H-pyrrole nitrogens is 1. The summed E-state index contributed by atoms with van der Waals surface area (Å²) in [5.41, 5.74) is 0.826. The summed E-state index contributed by atoms with van der Waals surface area (Å²) in [6.45, 7) is -0.444. The third-order valence-electron chi connectivity index (χ3n) is 2.33. The number of hydrogen-bond donors (Lipinski definition) is 3. The number of halogens is 1. The fourth-order valence-corrected chi connectivity index (χ4v) is 1.70. The van der Waals surface area contributed by atoms with Crippen molar-refractivity contribution in [2.75, 3.05) is 6.54 Å². The zero-order valence-corrected chi connectivity index (χ0v) is 9.04. The van der Waals surface area contributed by atoms with Gasteiger partial charge in [0.05, 0.1) is 10.7 Å². The Bertz CT molecular complexity index is 439. The van der Waals surface area contributed by atoms with E-state index < -0.39 is 18.4 Å². The minimum Gasteiger partial charge on any atom is -0.480 e. The van der Waals surface area contributed by atoms with Crippen LogP contribution in [-0.4, -0.2) is 33.7 Å². The Labute approximate surface area is 96.0 Å². The molecule has 6 nitrogen and oxygen atoms in total. The minimum atomic E-state index is -1.11. The number of carboxylic acid groups (broad SMARTS) is 1. The number of aromatic amines is 1. The summed E-state index contributed by atoms with van der Waals surface area (Å²) >= 11 is 5.97. The molecule has 0 radical (unpaired) electrons. The van der Waals surface area contributed by atoms with Gasteiger partial charge in [-0.2, -0.15) is 5.10 Å². The van der Waals surface area contributed by atoms with Gasteiger partial charge in [-0.1, -0.05) is 11.6 Å². The van der Waals surface area contributed by atoms with E-state index in [0.717, 1.165) is 18.5 Å². The Morgan fingerprint density at radius 3 is 2.81 bits per heavy atom. The first-order valence-electron chi connectivity index (χ1n) is 4.83. The first-order chi connectivity index (χ1) is 7.59. The van der Waals surface area contributed by atoms with Gasteiger partial charge in [0.2, 0.25) is 0 Å². The van der Waals surface area contributed by atoms with Crippen molar-refractivity contribution < 1.29 is 14.7 Å². The smallest absolute Gasteiger partial charge is 0.322 e. The quantitative estimate of drug-likeness (QED) is 0.727. The van der Waals surface area contributed by atoms with Crippen molar-refractivity contribution in [1.29, 1.82) is 0 Å². The Hall–Kier alpha value is -1.56. The molecular weight excluding hydrogens is 234 g/mol. The molecule has 0 saturated heterocycles. The molecule has 0 aromatic carbocycles. The average molecular weight is 244 g/mol. The van der Waals surface area contributed by atoms with E-state index in [4.69, 9.17) is 16.7 Å². The normalized spacial score (nSPS) is 14.8. The van der Waals surface area contributed by atoms with Crippen molar-refractivity contribution in [3.05, 3.63) is 16.4 Å². The molecule has 1 aromatic rings. The van der Waals surface area contributed by atoms with Gasteiger partial charge in [-0.15, -0.1) is 0 Å². The van der Waals surface area contributed by atoms with Gasteiger partial charge in [-0.3, -0.25) is 14.7 Å². The molecule has 1 heterocycles. The first kappa shape index (κ1) is 10.9. The summed E-state index contributed by atoms with van der Waals surface area (Å²) in [7, 11) is 0. The topological polar surface area (TPSA) is 95.1 Å². The lowest BCUT2D eigenvalue weighted by Crippen LogP contribution is -2.29. The molecule has 0 spiro atoms. The van der Waals surface area contributed by atoms with E-state index in [1.165, 1.54) is 0 Å². The molecule has 0 aliphatic heterocycles. The molecule has 0 unspecified atom stereocenters. The highest BCUT2D eigenvalue weighted by Crippen LogP contribution is 2.42. The fourth-order valence-electron chi connectivity index (χ4n) is 1.37. The Morgan fingerprint density at radius 2 is 2.25 bits per heavy atom. The zero-order chi connectivity index (χ0) is 11.7. The number of amides is 1. The van der Waals surface area contributed by atoms with Gasteiger partial charge in [0.25, 0.3) is 5.91 Å². The number of carbonyl (C=O) groups excluding carboxylic acids is 1. The Kier molecular flexibility index (Phi) is 2.82. The lowest BCUT2D eigenvalue weighted by molar-refractivity contribution is -0.135.